The van der Waals surface area contributed by atoms with Crippen LogP contribution in [0.1, 0.15) is 44.0 Å². The molecule has 5 nitrogen and oxygen atoms in total. The van der Waals surface area contributed by atoms with Gasteiger partial charge in [0.2, 0.25) is 0 Å². The zero-order valence-corrected chi connectivity index (χ0v) is 16.7. The lowest BCUT2D eigenvalue weighted by Gasteiger charge is -2.33. The third-order valence-corrected chi connectivity index (χ3v) is 4.93. The van der Waals surface area contributed by atoms with Crippen molar-refractivity contribution in [3.63, 3.8) is 0 Å². The number of amides is 2. The smallest absolute Gasteiger partial charge is 0.410 e. The molecule has 2 amide bonds. The summed E-state index contributed by atoms with van der Waals surface area (Å²) in [5, 5.41) is 3.07. The highest BCUT2D eigenvalue weighted by molar-refractivity contribution is 9.10. The largest absolute Gasteiger partial charge is 0.444 e. The van der Waals surface area contributed by atoms with Gasteiger partial charge in [0.15, 0.2) is 0 Å². The van der Waals surface area contributed by atoms with Gasteiger partial charge in [-0.1, -0.05) is 11.6 Å². The van der Waals surface area contributed by atoms with Gasteiger partial charge in [0.1, 0.15) is 11.4 Å². The third-order valence-electron chi connectivity index (χ3n) is 3.74. The molecule has 8 heteroatoms. The monoisotopic (exact) mass is 434 g/mol. The van der Waals surface area contributed by atoms with Gasteiger partial charge in [-0.15, -0.1) is 0 Å². The number of halogens is 3. The summed E-state index contributed by atoms with van der Waals surface area (Å²) in [4.78, 5) is 25.9. The number of carbonyl (C=O) groups is 2. The molecule has 1 heterocycles. The van der Waals surface area contributed by atoms with E-state index in [2.05, 4.69) is 21.2 Å². The fourth-order valence-electron chi connectivity index (χ4n) is 2.49. The number of nitrogens with one attached hydrogen (secondary N) is 1. The molecule has 1 fully saturated rings. The van der Waals surface area contributed by atoms with E-state index in [0.717, 1.165) is 0 Å². The molecule has 0 saturated carbocycles. The number of likely N-dealkylation sites (tertiary alicyclic amines) is 1. The van der Waals surface area contributed by atoms with Gasteiger partial charge < -0.3 is 15.0 Å². The maximum absolute atomic E-state index is 13.9. The summed E-state index contributed by atoms with van der Waals surface area (Å²) in [5.41, 5.74) is -0.636. The maximum atomic E-state index is 13.9. The van der Waals surface area contributed by atoms with Crippen LogP contribution in [0.15, 0.2) is 16.6 Å². The molecule has 1 N–H and O–H groups in total. The van der Waals surface area contributed by atoms with Crippen LogP contribution >= 0.6 is 27.5 Å². The molecule has 0 bridgehead atoms. The van der Waals surface area contributed by atoms with Gasteiger partial charge >= 0.3 is 6.09 Å². The molecule has 0 radical (unpaired) electrons. The summed E-state index contributed by atoms with van der Waals surface area (Å²) in [5.74, 6) is -1.15. The van der Waals surface area contributed by atoms with Crippen LogP contribution in [0.2, 0.25) is 5.02 Å². The Bertz CT molecular complexity index is 671. The number of carbonyl (C=O) groups excluding carboxylic acids is 2. The Morgan fingerprint density at radius 2 is 1.92 bits per heavy atom. The number of benzene rings is 1. The normalized spacial score (nSPS) is 15.8. The minimum absolute atomic E-state index is 0.0947. The molecule has 1 aliphatic rings. The SMILES string of the molecule is CC(C)(C)OC(=O)N1CCC(NC(=O)c2cc(Cl)c(Br)cc2F)CC1. The summed E-state index contributed by atoms with van der Waals surface area (Å²) < 4.78 is 19.7. The molecule has 1 aliphatic heterocycles. The minimum Gasteiger partial charge on any atom is -0.444 e. The second-order valence-corrected chi connectivity index (χ2v) is 8.22. The van der Waals surface area contributed by atoms with Gasteiger partial charge in [0.25, 0.3) is 5.91 Å². The predicted octanol–water partition coefficient (Wildman–Crippen LogP) is 4.37. The fourth-order valence-corrected chi connectivity index (χ4v) is 2.97. The van der Waals surface area contributed by atoms with Crippen molar-refractivity contribution in [3.8, 4) is 0 Å². The Morgan fingerprint density at radius 1 is 1.32 bits per heavy atom. The first-order valence-electron chi connectivity index (χ1n) is 8.00. The van der Waals surface area contributed by atoms with E-state index in [-0.39, 0.29) is 22.7 Å². The third kappa shape index (κ3) is 5.57. The van der Waals surface area contributed by atoms with Crippen LogP contribution in [-0.4, -0.2) is 41.6 Å². The van der Waals surface area contributed by atoms with Crippen LogP contribution in [0.25, 0.3) is 0 Å². The highest BCUT2D eigenvalue weighted by atomic mass is 79.9. The molecule has 2 rings (SSSR count). The van der Waals surface area contributed by atoms with E-state index in [9.17, 15) is 14.0 Å². The molecular weight excluding hydrogens is 415 g/mol. The van der Waals surface area contributed by atoms with E-state index in [1.807, 2.05) is 20.8 Å². The van der Waals surface area contributed by atoms with Crippen LogP contribution < -0.4 is 5.32 Å². The Balaban J connectivity index is 1.91. The highest BCUT2D eigenvalue weighted by Gasteiger charge is 2.28. The molecular formula is C17H21BrClFN2O3. The number of rotatable bonds is 2. The average Bonchev–Trinajstić information content (AvgIpc) is 2.49. The van der Waals surface area contributed by atoms with Gasteiger partial charge in [-0.05, 0) is 61.7 Å². The molecule has 1 aromatic carbocycles. The summed E-state index contributed by atoms with van der Waals surface area (Å²) in [6, 6.07) is 2.34. The van der Waals surface area contributed by atoms with Crippen molar-refractivity contribution >= 4 is 39.5 Å². The maximum Gasteiger partial charge on any atom is 0.410 e. The Morgan fingerprint density at radius 3 is 2.48 bits per heavy atom. The second kappa shape index (κ2) is 7.91. The minimum atomic E-state index is -0.639. The molecule has 0 spiro atoms. The number of hydrogen-bond acceptors (Lipinski definition) is 3. The standard InChI is InChI=1S/C17H21BrClFN2O3/c1-17(2,3)25-16(24)22-6-4-10(5-7-22)21-15(23)11-8-13(19)12(18)9-14(11)20/h8-10H,4-7H2,1-3H3,(H,21,23). The summed E-state index contributed by atoms with van der Waals surface area (Å²) in [7, 11) is 0. The van der Waals surface area contributed by atoms with E-state index in [0.29, 0.717) is 30.4 Å². The van der Waals surface area contributed by atoms with E-state index in [1.54, 1.807) is 4.90 Å². The lowest BCUT2D eigenvalue weighted by atomic mass is 10.0. The zero-order chi connectivity index (χ0) is 18.8. The second-order valence-electron chi connectivity index (χ2n) is 6.96. The Hall–Kier alpha value is -1.34. The highest BCUT2D eigenvalue weighted by Crippen LogP contribution is 2.26. The topological polar surface area (TPSA) is 58.6 Å². The first-order chi connectivity index (χ1) is 11.6. The van der Waals surface area contributed by atoms with Gasteiger partial charge in [0.05, 0.1) is 10.6 Å². The van der Waals surface area contributed by atoms with E-state index >= 15 is 0 Å². The van der Waals surface area contributed by atoms with Gasteiger partial charge in [-0.25, -0.2) is 9.18 Å². The van der Waals surface area contributed by atoms with E-state index < -0.39 is 17.3 Å². The van der Waals surface area contributed by atoms with Gasteiger partial charge in [-0.3, -0.25) is 4.79 Å². The first-order valence-corrected chi connectivity index (χ1v) is 9.17. The van der Waals surface area contributed by atoms with Crippen LogP contribution in [-0.2, 0) is 4.74 Å². The van der Waals surface area contributed by atoms with Crippen molar-refractivity contribution < 1.29 is 18.7 Å². The molecule has 1 saturated heterocycles. The summed E-state index contributed by atoms with van der Waals surface area (Å²) >= 11 is 9.04. The molecule has 25 heavy (non-hydrogen) atoms. The van der Waals surface area contributed by atoms with E-state index in [4.69, 9.17) is 16.3 Å². The quantitative estimate of drug-likeness (QED) is 0.702. The number of hydrogen-bond donors (Lipinski definition) is 1. The molecule has 1 aromatic rings. The van der Waals surface area contributed by atoms with Crippen molar-refractivity contribution in [1.29, 1.82) is 0 Å². The molecule has 0 atom stereocenters. The lowest BCUT2D eigenvalue weighted by Crippen LogP contribution is -2.47. The van der Waals surface area contributed by atoms with Crippen molar-refractivity contribution in [2.45, 2.75) is 45.3 Å². The Labute approximate surface area is 160 Å². The molecule has 0 aromatic heterocycles. The summed E-state index contributed by atoms with van der Waals surface area (Å²) in [6.45, 7) is 6.40. The predicted molar refractivity (Wildman–Crippen MR) is 97.4 cm³/mol. The van der Waals surface area contributed by atoms with Crippen molar-refractivity contribution in [2.24, 2.45) is 0 Å². The summed E-state index contributed by atoms with van der Waals surface area (Å²) in [6.07, 6.45) is 0.802. The van der Waals surface area contributed by atoms with Gasteiger partial charge in [-0.2, -0.15) is 0 Å². The van der Waals surface area contributed by atoms with Crippen LogP contribution in [0.5, 0.6) is 0 Å². The van der Waals surface area contributed by atoms with Crippen molar-refractivity contribution in [2.75, 3.05) is 13.1 Å². The molecule has 0 aliphatic carbocycles. The zero-order valence-electron chi connectivity index (χ0n) is 14.4. The van der Waals surface area contributed by atoms with Crippen LogP contribution in [0, 0.1) is 5.82 Å². The van der Waals surface area contributed by atoms with Crippen LogP contribution in [0.4, 0.5) is 9.18 Å². The van der Waals surface area contributed by atoms with Crippen LogP contribution in [0.3, 0.4) is 0 Å². The first kappa shape index (κ1) is 20.0. The fraction of sp³-hybridized carbons (Fsp3) is 0.529. The van der Waals surface area contributed by atoms with Gasteiger partial charge in [0, 0.05) is 23.6 Å². The average molecular weight is 436 g/mol. The van der Waals surface area contributed by atoms with Crippen molar-refractivity contribution in [1.82, 2.24) is 10.2 Å². The van der Waals surface area contributed by atoms with Crippen molar-refractivity contribution in [3.05, 3.63) is 33.0 Å². The molecule has 138 valence electrons. The lowest BCUT2D eigenvalue weighted by molar-refractivity contribution is 0.0199. The number of piperidine rings is 1. The molecule has 0 unspecified atom stereocenters. The number of ether oxygens (including phenoxy) is 1. The van der Waals surface area contributed by atoms with E-state index in [1.165, 1.54) is 12.1 Å². The Kier molecular flexibility index (Phi) is 6.32. The number of nitrogens with zero attached hydrogens (tertiary/aromatic N) is 1.